The van der Waals surface area contributed by atoms with Gasteiger partial charge >= 0.3 is 0 Å². The van der Waals surface area contributed by atoms with Crippen molar-refractivity contribution in [3.63, 3.8) is 0 Å². The van der Waals surface area contributed by atoms with Crippen LogP contribution in [0.25, 0.3) is 11.1 Å². The van der Waals surface area contributed by atoms with Gasteiger partial charge in [0.2, 0.25) is 0 Å². The van der Waals surface area contributed by atoms with Gasteiger partial charge in [-0.25, -0.2) is 0 Å². The number of ketones is 1. The van der Waals surface area contributed by atoms with Gasteiger partial charge in [0, 0.05) is 92.4 Å². The van der Waals surface area contributed by atoms with Crippen molar-refractivity contribution in [2.45, 2.75) is 207 Å². The second kappa shape index (κ2) is 90.1. The topological polar surface area (TPSA) is 418 Å². The van der Waals surface area contributed by atoms with E-state index in [0.717, 1.165) is 86.0 Å². The molecule has 0 aliphatic heterocycles. The van der Waals surface area contributed by atoms with Gasteiger partial charge in [-0.15, -0.1) is 0 Å². The maximum absolute atomic E-state index is 11.9. The monoisotopic (exact) mass is 1830 g/mol. The Morgan fingerprint density at radius 2 is 0.366 bits per heavy atom. The van der Waals surface area contributed by atoms with Crippen molar-refractivity contribution in [3.8, 4) is 57.1 Å². The number of ether oxygens (including phenoxy) is 4. The third-order valence-electron chi connectivity index (χ3n) is 15.1. The molecule has 0 radical (unpaired) electrons. The number of nitrogens with two attached hydrogens (primary N) is 14. The molecule has 0 aliphatic rings. The predicted octanol–water partition coefficient (Wildman–Crippen LogP) is 32.2. The normalized spacial score (nSPS) is 8.51. The lowest BCUT2D eigenvalue weighted by atomic mass is 10.0. The third-order valence-corrected chi connectivity index (χ3v) is 15.1. The van der Waals surface area contributed by atoms with Crippen LogP contribution in [0.1, 0.15) is 221 Å². The van der Waals surface area contributed by atoms with E-state index in [9.17, 15) is 4.79 Å². The van der Waals surface area contributed by atoms with E-state index in [4.69, 9.17) is 99.2 Å². The van der Waals surface area contributed by atoms with Gasteiger partial charge in [0.1, 0.15) is 46.0 Å². The van der Waals surface area contributed by atoms with Gasteiger partial charge in [-0.3, -0.25) is 4.79 Å². The summed E-state index contributed by atoms with van der Waals surface area (Å²) in [6.07, 6.45) is 1.30. The van der Waals surface area contributed by atoms with E-state index in [1.54, 1.807) is 115 Å². The van der Waals surface area contributed by atoms with Crippen molar-refractivity contribution in [1.29, 1.82) is 0 Å². The quantitative estimate of drug-likeness (QED) is 0.0355. The maximum Gasteiger partial charge on any atom is 0.167 e. The number of rotatable bonds is 14. The number of para-hydroxylation sites is 2. The number of Topliss-reactive ketones (excluding diaryl/α,β-unsaturated/α-hetero) is 1. The average Bonchev–Trinajstić information content (AvgIpc) is 0.876. The van der Waals surface area contributed by atoms with Gasteiger partial charge in [-0.05, 0) is 277 Å². The van der Waals surface area contributed by atoms with Gasteiger partial charge < -0.3 is 99.2 Å². The molecule has 134 heavy (non-hydrogen) atoms. The number of nitrogen functional groups attached to an aromatic ring is 14. The number of anilines is 14. The van der Waals surface area contributed by atoms with Crippen LogP contribution in [-0.4, -0.2) is 5.78 Å². The summed E-state index contributed by atoms with van der Waals surface area (Å²) in [4.78, 5) is 11.9. The molecule has 0 fully saturated rings. The summed E-state index contributed by atoms with van der Waals surface area (Å²) in [7, 11) is 0. The summed E-state index contributed by atoms with van der Waals surface area (Å²) >= 11 is 0. The summed E-state index contributed by atoms with van der Waals surface area (Å²) in [5.41, 5.74) is 94.4. The Morgan fingerprint density at radius 3 is 0.612 bits per heavy atom. The van der Waals surface area contributed by atoms with Gasteiger partial charge in [0.05, 0.1) is 11.4 Å². The lowest BCUT2D eigenvalue weighted by Gasteiger charge is -2.09. The van der Waals surface area contributed by atoms with Crippen LogP contribution >= 0.6 is 0 Å². The minimum absolute atomic E-state index is 0.0785. The van der Waals surface area contributed by atoms with Gasteiger partial charge in [-0.1, -0.05) is 279 Å². The van der Waals surface area contributed by atoms with Crippen LogP contribution in [0.15, 0.2) is 340 Å². The molecule has 0 saturated carbocycles. The van der Waals surface area contributed by atoms with Gasteiger partial charge in [0.15, 0.2) is 5.78 Å². The highest BCUT2D eigenvalue weighted by atomic mass is 16.5. The van der Waals surface area contributed by atoms with Crippen molar-refractivity contribution in [3.05, 3.63) is 362 Å². The molecule has 14 aromatic carbocycles. The zero-order chi connectivity index (χ0) is 104. The van der Waals surface area contributed by atoms with Crippen LogP contribution in [0, 0.1) is 0 Å². The Kier molecular flexibility index (Phi) is 88.9. The minimum atomic E-state index is 0.0785. The number of carbonyl (C=O) groups excluding carboxylic acids is 1. The third kappa shape index (κ3) is 63.2. The molecule has 0 heterocycles. The van der Waals surface area contributed by atoms with E-state index in [1.165, 1.54) is 11.1 Å². The molecule has 14 rings (SSSR count). The second-order valence-corrected chi connectivity index (χ2v) is 23.8. The molecule has 0 saturated heterocycles. The first-order valence-electron chi connectivity index (χ1n) is 47.3. The Morgan fingerprint density at radius 1 is 0.179 bits per heavy atom. The lowest BCUT2D eigenvalue weighted by Crippen LogP contribution is -2.03. The van der Waals surface area contributed by atoms with Crippen molar-refractivity contribution < 1.29 is 23.7 Å². The summed E-state index contributed by atoms with van der Waals surface area (Å²) in [6, 6.07) is 104. The number of benzene rings is 14. The zero-order valence-electron chi connectivity index (χ0n) is 86.4. The number of carbonyl (C=O) groups is 1. The molecular formula is C115H172N14O5. The fraction of sp³-hybridized carbons (Fsp3) is 0.261. The fourth-order valence-corrected chi connectivity index (χ4v) is 9.36. The van der Waals surface area contributed by atoms with Crippen LogP contribution in [-0.2, 0) is 12.8 Å². The number of hydrogen-bond acceptors (Lipinski definition) is 19. The molecule has 19 nitrogen and oxygen atoms in total. The van der Waals surface area contributed by atoms with Crippen LogP contribution < -0.4 is 99.2 Å². The van der Waals surface area contributed by atoms with Crippen LogP contribution in [0.2, 0.25) is 0 Å². The summed E-state index contributed by atoms with van der Waals surface area (Å²) in [5, 5.41) is 0. The van der Waals surface area contributed by atoms with Crippen molar-refractivity contribution in [1.82, 2.24) is 0 Å². The minimum Gasteiger partial charge on any atom is -0.457 e. The Balaban J connectivity index is -0.000000273. The van der Waals surface area contributed by atoms with Crippen LogP contribution in [0.4, 0.5) is 79.6 Å². The molecule has 0 unspecified atom stereocenters. The highest BCUT2D eigenvalue weighted by Gasteiger charge is 2.08. The van der Waals surface area contributed by atoms with E-state index in [-0.39, 0.29) is 5.78 Å². The second-order valence-electron chi connectivity index (χ2n) is 23.8. The van der Waals surface area contributed by atoms with E-state index in [1.807, 2.05) is 418 Å². The van der Waals surface area contributed by atoms with Crippen LogP contribution in [0.5, 0.6) is 46.0 Å². The van der Waals surface area contributed by atoms with Gasteiger partial charge in [-0.2, -0.15) is 0 Å². The van der Waals surface area contributed by atoms with Crippen LogP contribution in [0.3, 0.4) is 0 Å². The Hall–Kier alpha value is -14.9. The maximum atomic E-state index is 11.9. The Bertz CT molecular complexity index is 4740. The zero-order valence-corrected chi connectivity index (χ0v) is 86.4. The molecule has 14 aromatic rings. The van der Waals surface area contributed by atoms with Crippen molar-refractivity contribution in [2.24, 2.45) is 0 Å². The van der Waals surface area contributed by atoms with Crippen molar-refractivity contribution in [2.75, 3.05) is 80.3 Å². The average molecular weight is 1830 g/mol. The first kappa shape index (κ1) is 132. The van der Waals surface area contributed by atoms with Crippen molar-refractivity contribution >= 4 is 85.4 Å². The first-order chi connectivity index (χ1) is 65.1. The molecule has 0 aliphatic carbocycles. The molecule has 0 amide bonds. The van der Waals surface area contributed by atoms with E-state index in [2.05, 4.69) is 0 Å². The van der Waals surface area contributed by atoms with Gasteiger partial charge in [0.25, 0.3) is 0 Å². The molecule has 28 N–H and O–H groups in total. The van der Waals surface area contributed by atoms with E-state index < -0.39 is 0 Å². The summed E-state index contributed by atoms with van der Waals surface area (Å²) in [6.45, 7) is 56.0. The molecular weight excluding hydrogens is 1660 g/mol. The summed E-state index contributed by atoms with van der Waals surface area (Å²) in [5.74, 6) is 5.78. The SMILES string of the molecule is CC.CC.CC.CC.CC.CC.CC.CC.CC.CC.CC.CC.CC.CC.Nc1ccc(-c2ccc(N)cc2)cc1.Nc1ccc(CC(=O)c2ccc(N)cc2)cc1.Nc1ccc(Cc2ccc(N)cc2)cc1.Nc1ccc(N)cc1.Nc1ccc(Oc2ccc(Oc3ccc(N)cc3)cc2)cc1.Nc1ccc(Oc2cccc(Oc3cccc(N)c3)c2)cc1.Nc1ccccc1N. The largest absolute Gasteiger partial charge is 0.457 e. The Labute approximate surface area is 810 Å². The highest BCUT2D eigenvalue weighted by Crippen LogP contribution is 2.31. The molecule has 19 heteroatoms. The molecule has 0 atom stereocenters. The first-order valence-corrected chi connectivity index (χ1v) is 47.3. The summed E-state index contributed by atoms with van der Waals surface area (Å²) < 4.78 is 23.0. The lowest BCUT2D eigenvalue weighted by molar-refractivity contribution is 0.0993. The predicted molar refractivity (Wildman–Crippen MR) is 601 cm³/mol. The smallest absolute Gasteiger partial charge is 0.167 e. The standard InChI is InChI=1S/2C18H16N2O2.C14H14N2O.C13H14N2.C12H12N2.2C6H8N2.14C2H6/c19-13-1-5-15(6-2-13)21-17-9-11-18(12-10-17)22-16-7-3-14(20)4-8-16;19-13-7-9-15(10-8-13)21-17-5-2-6-18(12-17)22-16-4-1-3-14(20)11-16;15-12-5-1-10(2-6-12)9-14(17)11-3-7-13(16)8-4-11;14-12-5-1-10(2-6-12)9-11-3-7-13(15)8-4-11;13-11-5-1-9(2-6-11)10-3-7-12(14)8-4-10;7-5-1-2-6(8)4-3-5;7-5-3-1-2-4-6(5)8;14*1-2/h2*1-12H,19-20H2;1-8H,9,15-16H2;1-8H,9,14-15H2;1-8H,13-14H2;2*1-4H,7-8H2;14*1-2H3. The fourth-order valence-electron chi connectivity index (χ4n) is 9.36. The molecule has 0 spiro atoms. The number of hydrogen-bond donors (Lipinski definition) is 14. The van der Waals surface area contributed by atoms with E-state index >= 15 is 0 Å². The molecule has 0 bridgehead atoms. The highest BCUT2D eigenvalue weighted by molar-refractivity contribution is 5.97. The van der Waals surface area contributed by atoms with E-state index in [0.29, 0.717) is 74.7 Å². The molecule has 732 valence electrons. The molecule has 0 aromatic heterocycles.